The summed E-state index contributed by atoms with van der Waals surface area (Å²) < 4.78 is 35.5. The van der Waals surface area contributed by atoms with E-state index in [0.29, 0.717) is 11.3 Å². The van der Waals surface area contributed by atoms with Crippen molar-refractivity contribution < 1.29 is 23.0 Å². The van der Waals surface area contributed by atoms with Crippen LogP contribution in [0.25, 0.3) is 11.1 Å². The Kier molecular flexibility index (Phi) is 5.48. The maximum atomic E-state index is 13.3. The highest BCUT2D eigenvalue weighted by atomic mass is 35.5. The minimum absolute atomic E-state index is 0.00773. The van der Waals surface area contributed by atoms with Gasteiger partial charge in [0.25, 0.3) is 5.91 Å². The van der Waals surface area contributed by atoms with Gasteiger partial charge in [0.15, 0.2) is 11.5 Å². The number of halogens is 3. The molecule has 1 aliphatic rings. The van der Waals surface area contributed by atoms with Crippen LogP contribution in [0.1, 0.15) is 12.5 Å². The summed E-state index contributed by atoms with van der Waals surface area (Å²) in [5, 5.41) is 2.76. The van der Waals surface area contributed by atoms with Crippen molar-refractivity contribution in [1.29, 1.82) is 0 Å². The summed E-state index contributed by atoms with van der Waals surface area (Å²) in [7, 11) is 1.44. The Morgan fingerprint density at radius 3 is 2.31 bits per heavy atom. The number of allylic oxidation sites excluding steroid dienone is 1. The van der Waals surface area contributed by atoms with Gasteiger partial charge in [0.1, 0.15) is 5.71 Å². The third-order valence-electron chi connectivity index (χ3n) is 4.19. The fourth-order valence-electron chi connectivity index (χ4n) is 2.82. The zero-order valence-electron chi connectivity index (χ0n) is 15.8. The number of nitrogens with one attached hydrogen (secondary N) is 1. The van der Waals surface area contributed by atoms with E-state index < -0.39 is 12.2 Å². The molecule has 29 heavy (non-hydrogen) atoms. The van der Waals surface area contributed by atoms with E-state index in [0.717, 1.165) is 11.1 Å². The number of benzene rings is 2. The van der Waals surface area contributed by atoms with Crippen LogP contribution in [0.3, 0.4) is 0 Å². The molecular formula is C20H18ClF2N3O3. The number of nitrogens with zero attached hydrogens (tertiary/aromatic N) is 1. The minimum Gasteiger partial charge on any atom is -0.401 e. The number of carbonyl (C=O) groups excluding carboxylic acids is 1. The Morgan fingerprint density at radius 1 is 1.17 bits per heavy atom. The summed E-state index contributed by atoms with van der Waals surface area (Å²) in [6.07, 6.45) is -3.67. The third kappa shape index (κ3) is 4.32. The minimum atomic E-state index is -3.67. The van der Waals surface area contributed by atoms with Crippen LogP contribution in [0.15, 0.2) is 52.1 Å². The Morgan fingerprint density at radius 2 is 1.76 bits per heavy atom. The van der Waals surface area contributed by atoms with E-state index in [1.54, 1.807) is 38.1 Å². The van der Waals surface area contributed by atoms with Gasteiger partial charge in [0.2, 0.25) is 0 Å². The van der Waals surface area contributed by atoms with Crippen LogP contribution >= 0.6 is 11.6 Å². The molecule has 0 saturated heterocycles. The van der Waals surface area contributed by atoms with Gasteiger partial charge in [-0.2, -0.15) is 0 Å². The zero-order valence-corrected chi connectivity index (χ0v) is 16.6. The summed E-state index contributed by atoms with van der Waals surface area (Å²) in [5.41, 5.74) is 8.60. The lowest BCUT2D eigenvalue weighted by Gasteiger charge is -2.10. The lowest BCUT2D eigenvalue weighted by Crippen LogP contribution is -2.25. The maximum absolute atomic E-state index is 13.3. The highest BCUT2D eigenvalue weighted by molar-refractivity contribution is 6.61. The van der Waals surface area contributed by atoms with E-state index in [2.05, 4.69) is 19.8 Å². The molecule has 1 heterocycles. The van der Waals surface area contributed by atoms with E-state index in [1.807, 2.05) is 0 Å². The molecule has 2 aromatic rings. The maximum Gasteiger partial charge on any atom is 0.586 e. The van der Waals surface area contributed by atoms with Gasteiger partial charge in [0, 0.05) is 18.4 Å². The fourth-order valence-corrected chi connectivity index (χ4v) is 2.99. The van der Waals surface area contributed by atoms with Gasteiger partial charge >= 0.3 is 6.29 Å². The van der Waals surface area contributed by atoms with Crippen LogP contribution in [0, 0.1) is 6.92 Å². The molecule has 1 amide bonds. The highest BCUT2D eigenvalue weighted by Crippen LogP contribution is 2.44. The first kappa shape index (κ1) is 20.6. The molecule has 0 radical (unpaired) electrons. The number of amides is 1. The van der Waals surface area contributed by atoms with Crippen LogP contribution < -0.4 is 20.5 Å². The molecule has 3 N–H and O–H groups in total. The second-order valence-corrected chi connectivity index (χ2v) is 6.76. The number of aliphatic imine (C=N–C) groups is 1. The van der Waals surface area contributed by atoms with E-state index >= 15 is 0 Å². The van der Waals surface area contributed by atoms with Gasteiger partial charge in [-0.25, -0.2) is 0 Å². The van der Waals surface area contributed by atoms with Gasteiger partial charge in [-0.15, -0.1) is 8.78 Å². The van der Waals surface area contributed by atoms with Gasteiger partial charge in [0.05, 0.1) is 5.03 Å². The number of rotatable bonds is 4. The standard InChI is InChI=1S/C20H18ClF2N3O3/c1-10-8-15-16(29-20(22,23)28-15)9-14(10)12-4-6-13(7-5-12)26-19(27)18(25-3)17(21)11(2)24/h4-9H,24H2,1-3H3,(H,26,27)/b17-11+,25-18?. The number of hydrogen-bond donors (Lipinski definition) is 2. The summed E-state index contributed by atoms with van der Waals surface area (Å²) in [4.78, 5) is 16.2. The number of fused-ring (bicyclic) bond motifs is 1. The van der Waals surface area contributed by atoms with Crippen molar-refractivity contribution in [1.82, 2.24) is 0 Å². The molecule has 0 fully saturated rings. The predicted molar refractivity (Wildman–Crippen MR) is 108 cm³/mol. The summed E-state index contributed by atoms with van der Waals surface area (Å²) in [5.74, 6) is -0.543. The molecule has 6 nitrogen and oxygen atoms in total. The van der Waals surface area contributed by atoms with Crippen molar-refractivity contribution in [3.8, 4) is 22.6 Å². The van der Waals surface area contributed by atoms with Crippen LogP contribution in [-0.2, 0) is 4.79 Å². The molecule has 152 valence electrons. The first-order valence-corrected chi connectivity index (χ1v) is 8.90. The van der Waals surface area contributed by atoms with E-state index in [9.17, 15) is 13.6 Å². The van der Waals surface area contributed by atoms with Crippen molar-refractivity contribution in [2.45, 2.75) is 20.1 Å². The second-order valence-electron chi connectivity index (χ2n) is 6.38. The summed E-state index contributed by atoms with van der Waals surface area (Å²) in [6, 6.07) is 9.82. The Labute approximate surface area is 171 Å². The largest absolute Gasteiger partial charge is 0.586 e. The molecule has 9 heteroatoms. The summed E-state index contributed by atoms with van der Waals surface area (Å²) in [6.45, 7) is 3.34. The molecule has 0 spiro atoms. The molecule has 0 aromatic heterocycles. The monoisotopic (exact) mass is 421 g/mol. The predicted octanol–water partition coefficient (Wildman–Crippen LogP) is 4.42. The summed E-state index contributed by atoms with van der Waals surface area (Å²) >= 11 is 6.02. The Balaban J connectivity index is 1.82. The van der Waals surface area contributed by atoms with Crippen molar-refractivity contribution in [2.75, 3.05) is 12.4 Å². The molecule has 2 aromatic carbocycles. The van der Waals surface area contributed by atoms with Gasteiger partial charge < -0.3 is 20.5 Å². The van der Waals surface area contributed by atoms with E-state index in [4.69, 9.17) is 17.3 Å². The average molecular weight is 422 g/mol. The number of nitrogens with two attached hydrogens (primary N) is 1. The van der Waals surface area contributed by atoms with Crippen LogP contribution in [-0.4, -0.2) is 25.0 Å². The van der Waals surface area contributed by atoms with Crippen molar-refractivity contribution in [2.24, 2.45) is 10.7 Å². The van der Waals surface area contributed by atoms with E-state index in [-0.39, 0.29) is 27.9 Å². The molecule has 3 rings (SSSR count). The zero-order chi connectivity index (χ0) is 21.3. The molecule has 1 aliphatic heterocycles. The molecule has 0 atom stereocenters. The third-order valence-corrected chi connectivity index (χ3v) is 4.67. The van der Waals surface area contributed by atoms with Crippen molar-refractivity contribution >= 4 is 28.9 Å². The Bertz CT molecular complexity index is 1030. The number of aryl methyl sites for hydroxylation is 1. The molecule has 0 saturated carbocycles. The first-order chi connectivity index (χ1) is 13.6. The quantitative estimate of drug-likeness (QED) is 0.715. The van der Waals surface area contributed by atoms with E-state index in [1.165, 1.54) is 19.2 Å². The molecule has 0 bridgehead atoms. The average Bonchev–Trinajstić information content (AvgIpc) is 2.95. The topological polar surface area (TPSA) is 85.9 Å². The lowest BCUT2D eigenvalue weighted by atomic mass is 9.99. The fraction of sp³-hybridized carbons (Fsp3) is 0.200. The number of anilines is 1. The number of alkyl halides is 2. The van der Waals surface area contributed by atoms with Gasteiger partial charge in [-0.05, 0) is 54.8 Å². The van der Waals surface area contributed by atoms with Crippen molar-refractivity contribution in [3.63, 3.8) is 0 Å². The van der Waals surface area contributed by atoms with Crippen LogP contribution in [0.4, 0.5) is 14.5 Å². The molecular weight excluding hydrogens is 404 g/mol. The highest BCUT2D eigenvalue weighted by Gasteiger charge is 2.43. The smallest absolute Gasteiger partial charge is 0.401 e. The van der Waals surface area contributed by atoms with Crippen LogP contribution in [0.5, 0.6) is 11.5 Å². The van der Waals surface area contributed by atoms with Crippen molar-refractivity contribution in [3.05, 3.63) is 52.7 Å². The SMILES string of the molecule is CN=C(C(=O)Nc1ccc(-c2cc3c(cc2C)OC(F)(F)O3)cc1)/C(Cl)=C(/C)N. The Hall–Kier alpha value is -3.13. The second kappa shape index (κ2) is 7.71. The molecule has 0 unspecified atom stereocenters. The molecule has 0 aliphatic carbocycles. The van der Waals surface area contributed by atoms with Crippen LogP contribution in [0.2, 0.25) is 0 Å². The van der Waals surface area contributed by atoms with Gasteiger partial charge in [-0.3, -0.25) is 9.79 Å². The number of carbonyl (C=O) groups is 1. The van der Waals surface area contributed by atoms with Gasteiger partial charge in [-0.1, -0.05) is 23.7 Å². The number of hydrogen-bond acceptors (Lipinski definition) is 5. The number of ether oxygens (including phenoxy) is 2. The normalized spacial score (nSPS) is 15.7. The first-order valence-electron chi connectivity index (χ1n) is 8.52. The lowest BCUT2D eigenvalue weighted by molar-refractivity contribution is -0.286.